The molecule has 0 radical (unpaired) electrons. The minimum atomic E-state index is -1.07. The second kappa shape index (κ2) is 6.85. The number of rotatable bonds is 2. The average molecular weight is 417 g/mol. The Hall–Kier alpha value is -2.30. The third kappa shape index (κ3) is 2.55. The molecule has 4 bridgehead atoms. The first kappa shape index (κ1) is 19.4. The first-order chi connectivity index (χ1) is 15.0. The Morgan fingerprint density at radius 1 is 0.968 bits per heavy atom. The maximum absolute atomic E-state index is 14.0. The van der Waals surface area contributed by atoms with Crippen LogP contribution < -0.4 is 0 Å². The summed E-state index contributed by atoms with van der Waals surface area (Å²) in [6.45, 7) is 5.09. The molecule has 0 aromatic heterocycles. The van der Waals surface area contributed by atoms with Gasteiger partial charge in [-0.1, -0.05) is 60.7 Å². The Kier molecular flexibility index (Phi) is 4.28. The van der Waals surface area contributed by atoms with Crippen molar-refractivity contribution in [2.24, 2.45) is 17.8 Å². The predicted molar refractivity (Wildman–Crippen MR) is 118 cm³/mol. The van der Waals surface area contributed by atoms with Gasteiger partial charge in [-0.15, -0.1) is 0 Å². The van der Waals surface area contributed by atoms with Crippen LogP contribution in [0.3, 0.4) is 0 Å². The van der Waals surface area contributed by atoms with Crippen LogP contribution in [0.1, 0.15) is 36.8 Å². The van der Waals surface area contributed by atoms with Crippen LogP contribution in [0, 0.1) is 17.8 Å². The number of hydrogen-bond acceptors (Lipinski definition) is 3. The molecule has 1 N–H and O–H groups in total. The number of Topliss-reactive ketones (excluding diaryl/α,β-unsaturated/α-hetero) is 1. The summed E-state index contributed by atoms with van der Waals surface area (Å²) in [6.07, 6.45) is 1.60. The molecule has 4 heteroatoms. The number of ketones is 1. The zero-order valence-electron chi connectivity index (χ0n) is 18.0. The van der Waals surface area contributed by atoms with Gasteiger partial charge in [0.2, 0.25) is 0 Å². The third-order valence-electron chi connectivity index (χ3n) is 8.76. The third-order valence-corrected chi connectivity index (χ3v) is 8.76. The SMILES string of the molecule is CC1(O)[C@H]2C(=O)[C@H]3C[C@]1(c1ccccc1)C[C@H](C3=[N+]1CCOCC1)C2c1ccccc1. The number of nitrogens with zero attached hydrogens (tertiary/aromatic N) is 1. The minimum Gasteiger partial charge on any atom is -0.388 e. The van der Waals surface area contributed by atoms with E-state index in [2.05, 4.69) is 53.1 Å². The van der Waals surface area contributed by atoms with Gasteiger partial charge in [-0.3, -0.25) is 4.79 Å². The van der Waals surface area contributed by atoms with Gasteiger partial charge >= 0.3 is 0 Å². The van der Waals surface area contributed by atoms with E-state index in [0.717, 1.165) is 32.7 Å². The van der Waals surface area contributed by atoms with Crippen LogP contribution in [-0.2, 0) is 14.9 Å². The van der Waals surface area contributed by atoms with Crippen LogP contribution in [0.2, 0.25) is 0 Å². The minimum absolute atomic E-state index is 0.0231. The lowest BCUT2D eigenvalue weighted by atomic mass is 9.37. The van der Waals surface area contributed by atoms with E-state index in [-0.39, 0.29) is 34.9 Å². The molecule has 6 atom stereocenters. The molecule has 4 aliphatic carbocycles. The van der Waals surface area contributed by atoms with Gasteiger partial charge in [0.05, 0.1) is 17.4 Å². The fourth-order valence-corrected chi connectivity index (χ4v) is 7.46. The van der Waals surface area contributed by atoms with Crippen molar-refractivity contribution >= 4 is 11.5 Å². The maximum atomic E-state index is 14.0. The van der Waals surface area contributed by atoms with Crippen LogP contribution >= 0.6 is 0 Å². The molecule has 0 amide bonds. The summed E-state index contributed by atoms with van der Waals surface area (Å²) >= 11 is 0. The fraction of sp³-hybridized carbons (Fsp3) is 0.481. The molecule has 0 spiro atoms. The molecule has 2 aromatic carbocycles. The number of morpholine rings is 1. The summed E-state index contributed by atoms with van der Waals surface area (Å²) in [7, 11) is 0. The molecule has 31 heavy (non-hydrogen) atoms. The number of aliphatic hydroxyl groups is 1. The van der Waals surface area contributed by atoms with Crippen LogP contribution in [0.5, 0.6) is 0 Å². The lowest BCUT2D eigenvalue weighted by molar-refractivity contribution is -0.554. The highest BCUT2D eigenvalue weighted by Gasteiger charge is 2.74. The van der Waals surface area contributed by atoms with Crippen molar-refractivity contribution in [1.29, 1.82) is 0 Å². The van der Waals surface area contributed by atoms with Crippen molar-refractivity contribution in [2.75, 3.05) is 26.3 Å². The fourth-order valence-electron chi connectivity index (χ4n) is 7.46. The Bertz CT molecular complexity index is 1040. The zero-order valence-corrected chi connectivity index (χ0v) is 18.0. The number of carbonyl (C=O) groups excluding carboxylic acids is 1. The highest BCUT2D eigenvalue weighted by molar-refractivity contribution is 6.10. The second-order valence-corrected chi connectivity index (χ2v) is 10.0. The quantitative estimate of drug-likeness (QED) is 0.765. The molecule has 160 valence electrons. The van der Waals surface area contributed by atoms with E-state index in [9.17, 15) is 9.90 Å². The van der Waals surface area contributed by atoms with E-state index in [4.69, 9.17) is 4.74 Å². The molecule has 5 fully saturated rings. The molecule has 1 aliphatic heterocycles. The molecule has 5 aliphatic rings. The number of benzene rings is 2. The monoisotopic (exact) mass is 416 g/mol. The van der Waals surface area contributed by atoms with Gasteiger partial charge in [-0.25, -0.2) is 4.58 Å². The lowest BCUT2D eigenvalue weighted by Gasteiger charge is -2.65. The molecule has 1 saturated heterocycles. The summed E-state index contributed by atoms with van der Waals surface area (Å²) in [5, 5.41) is 12.1. The average Bonchev–Trinajstić information content (AvgIpc) is 2.81. The van der Waals surface area contributed by atoms with E-state index in [1.165, 1.54) is 16.8 Å². The Labute approximate surface area is 183 Å². The highest BCUT2D eigenvalue weighted by atomic mass is 16.5. The molecule has 2 unspecified atom stereocenters. The van der Waals surface area contributed by atoms with Crippen LogP contribution in [0.25, 0.3) is 0 Å². The van der Waals surface area contributed by atoms with Gasteiger partial charge in [0.1, 0.15) is 13.2 Å². The van der Waals surface area contributed by atoms with Crippen LogP contribution in [0.15, 0.2) is 60.7 Å². The zero-order chi connectivity index (χ0) is 21.2. The normalized spacial score (nSPS) is 39.2. The summed E-state index contributed by atoms with van der Waals surface area (Å²) in [4.78, 5) is 14.0. The van der Waals surface area contributed by atoms with Gasteiger partial charge in [-0.05, 0) is 30.9 Å². The van der Waals surface area contributed by atoms with Crippen molar-refractivity contribution in [3.8, 4) is 0 Å². The van der Waals surface area contributed by atoms with E-state index in [1.54, 1.807) is 0 Å². The molecule has 2 aromatic rings. The maximum Gasteiger partial charge on any atom is 0.166 e. The lowest BCUT2D eigenvalue weighted by Crippen LogP contribution is -2.74. The van der Waals surface area contributed by atoms with E-state index < -0.39 is 5.60 Å². The first-order valence-corrected chi connectivity index (χ1v) is 11.6. The summed E-state index contributed by atoms with van der Waals surface area (Å²) in [5.74, 6) is 0.0554. The summed E-state index contributed by atoms with van der Waals surface area (Å²) in [5.41, 5.74) is 2.22. The van der Waals surface area contributed by atoms with E-state index >= 15 is 0 Å². The van der Waals surface area contributed by atoms with Crippen molar-refractivity contribution in [1.82, 2.24) is 0 Å². The number of carbonyl (C=O) groups is 1. The second-order valence-electron chi connectivity index (χ2n) is 10.0. The van der Waals surface area contributed by atoms with Gasteiger partial charge in [0.15, 0.2) is 24.6 Å². The van der Waals surface area contributed by atoms with Gasteiger partial charge in [-0.2, -0.15) is 0 Å². The van der Waals surface area contributed by atoms with Crippen LogP contribution in [-0.4, -0.2) is 53.1 Å². The Morgan fingerprint density at radius 3 is 2.29 bits per heavy atom. The van der Waals surface area contributed by atoms with Gasteiger partial charge in [0.25, 0.3) is 0 Å². The largest absolute Gasteiger partial charge is 0.388 e. The predicted octanol–water partition coefficient (Wildman–Crippen LogP) is 3.18. The smallest absolute Gasteiger partial charge is 0.166 e. The summed E-state index contributed by atoms with van der Waals surface area (Å²) < 4.78 is 8.07. The Balaban J connectivity index is 1.58. The molecule has 1 heterocycles. The van der Waals surface area contributed by atoms with Gasteiger partial charge < -0.3 is 9.84 Å². The first-order valence-electron chi connectivity index (χ1n) is 11.6. The molecular formula is C27H30NO3+. The highest BCUT2D eigenvalue weighted by Crippen LogP contribution is 2.66. The van der Waals surface area contributed by atoms with Crippen molar-refractivity contribution < 1.29 is 19.2 Å². The summed E-state index contributed by atoms with van der Waals surface area (Å²) in [6, 6.07) is 20.9. The van der Waals surface area contributed by atoms with Crippen molar-refractivity contribution in [3.63, 3.8) is 0 Å². The number of ether oxygens (including phenoxy) is 1. The van der Waals surface area contributed by atoms with E-state index in [0.29, 0.717) is 6.42 Å². The standard InChI is InChI=1S/C27H30NO3/c1-26(30)23-22(18-8-4-2-5-9-18)20-16-27(26,19-10-6-3-7-11-19)17-21(25(23)29)24(20)28-12-14-31-15-13-28/h2-11,20-23,30H,12-17H2,1H3/q+1/t20-,21-,22?,23+,26?,27-/m0/s1. The van der Waals surface area contributed by atoms with Crippen molar-refractivity contribution in [2.45, 2.75) is 36.7 Å². The molecule has 4 nitrogen and oxygen atoms in total. The number of hydrogen-bond donors (Lipinski definition) is 1. The topological polar surface area (TPSA) is 49.5 Å². The van der Waals surface area contributed by atoms with Crippen LogP contribution in [0.4, 0.5) is 0 Å². The van der Waals surface area contributed by atoms with Gasteiger partial charge in [0, 0.05) is 17.3 Å². The molecule has 4 saturated carbocycles. The van der Waals surface area contributed by atoms with E-state index in [1.807, 2.05) is 19.1 Å². The Morgan fingerprint density at radius 2 is 1.61 bits per heavy atom. The van der Waals surface area contributed by atoms with Crippen molar-refractivity contribution in [3.05, 3.63) is 71.8 Å². The molecular weight excluding hydrogens is 386 g/mol. The molecule has 7 rings (SSSR count).